The molecule has 3 heterocycles. The smallest absolute Gasteiger partial charge is 0.227 e. The first-order chi connectivity index (χ1) is 13.7. The molecule has 0 saturated carbocycles. The Labute approximate surface area is 170 Å². The first-order valence-corrected chi connectivity index (χ1v) is 11.0. The van der Waals surface area contributed by atoms with Gasteiger partial charge in [0.15, 0.2) is 0 Å². The Bertz CT molecular complexity index is 798. The minimum absolute atomic E-state index is 0.0470. The molecule has 1 unspecified atom stereocenters. The number of likely N-dealkylation sites (tertiary alicyclic amines) is 1. The van der Waals surface area contributed by atoms with Crippen molar-refractivity contribution in [3.05, 3.63) is 52.2 Å². The fourth-order valence-corrected chi connectivity index (χ4v) is 4.98. The van der Waals surface area contributed by atoms with Gasteiger partial charge in [-0.2, -0.15) is 0 Å². The predicted octanol–water partition coefficient (Wildman–Crippen LogP) is 3.37. The number of amides is 2. The van der Waals surface area contributed by atoms with E-state index in [9.17, 15) is 9.59 Å². The van der Waals surface area contributed by atoms with E-state index in [1.165, 1.54) is 17.7 Å². The SMILES string of the molecule is O=C(Cc1ccc(N2CCCC2=O)cc1)NCC(c1cccs1)N1CCCC1. The van der Waals surface area contributed by atoms with Gasteiger partial charge in [-0.15, -0.1) is 11.3 Å². The zero-order chi connectivity index (χ0) is 19.3. The molecule has 0 bridgehead atoms. The van der Waals surface area contributed by atoms with E-state index in [1.807, 2.05) is 29.2 Å². The summed E-state index contributed by atoms with van der Waals surface area (Å²) in [6, 6.07) is 12.3. The van der Waals surface area contributed by atoms with E-state index < -0.39 is 0 Å². The Morgan fingerprint density at radius 1 is 1.07 bits per heavy atom. The lowest BCUT2D eigenvalue weighted by molar-refractivity contribution is -0.120. The van der Waals surface area contributed by atoms with Crippen molar-refractivity contribution in [2.75, 3.05) is 31.1 Å². The Kier molecular flexibility index (Phi) is 6.07. The zero-order valence-electron chi connectivity index (χ0n) is 16.1. The van der Waals surface area contributed by atoms with E-state index >= 15 is 0 Å². The summed E-state index contributed by atoms with van der Waals surface area (Å²) in [5.74, 6) is 0.234. The summed E-state index contributed by atoms with van der Waals surface area (Å²) in [7, 11) is 0. The molecule has 2 fully saturated rings. The molecule has 1 aromatic carbocycles. The molecule has 2 aromatic rings. The number of hydrogen-bond acceptors (Lipinski definition) is 4. The minimum Gasteiger partial charge on any atom is -0.354 e. The van der Waals surface area contributed by atoms with Gasteiger partial charge in [-0.1, -0.05) is 18.2 Å². The van der Waals surface area contributed by atoms with Crippen LogP contribution in [0.15, 0.2) is 41.8 Å². The van der Waals surface area contributed by atoms with Crippen molar-refractivity contribution in [1.29, 1.82) is 0 Å². The van der Waals surface area contributed by atoms with E-state index in [1.54, 1.807) is 11.3 Å². The summed E-state index contributed by atoms with van der Waals surface area (Å²) in [5.41, 5.74) is 1.90. The molecule has 5 nitrogen and oxygen atoms in total. The van der Waals surface area contributed by atoms with Crippen LogP contribution < -0.4 is 10.2 Å². The number of nitrogens with one attached hydrogen (secondary N) is 1. The van der Waals surface area contributed by atoms with Crippen molar-refractivity contribution in [2.24, 2.45) is 0 Å². The maximum absolute atomic E-state index is 12.5. The number of nitrogens with zero attached hydrogens (tertiary/aromatic N) is 2. The maximum Gasteiger partial charge on any atom is 0.227 e. The third kappa shape index (κ3) is 4.45. The quantitative estimate of drug-likeness (QED) is 0.779. The Hall–Kier alpha value is -2.18. The first kappa shape index (κ1) is 19.2. The second kappa shape index (κ2) is 8.88. The van der Waals surface area contributed by atoms with Gasteiger partial charge in [0.05, 0.1) is 12.5 Å². The first-order valence-electron chi connectivity index (χ1n) is 10.1. The van der Waals surface area contributed by atoms with E-state index in [-0.39, 0.29) is 17.9 Å². The third-order valence-electron chi connectivity index (χ3n) is 5.63. The summed E-state index contributed by atoms with van der Waals surface area (Å²) in [6.45, 7) is 3.66. The highest BCUT2D eigenvalue weighted by atomic mass is 32.1. The summed E-state index contributed by atoms with van der Waals surface area (Å²) >= 11 is 1.76. The average Bonchev–Trinajstić information content (AvgIpc) is 3.46. The van der Waals surface area contributed by atoms with Crippen LogP contribution in [0, 0.1) is 0 Å². The van der Waals surface area contributed by atoms with Crippen molar-refractivity contribution in [3.8, 4) is 0 Å². The van der Waals surface area contributed by atoms with Crippen molar-refractivity contribution in [3.63, 3.8) is 0 Å². The molecule has 4 rings (SSSR count). The lowest BCUT2D eigenvalue weighted by Gasteiger charge is -2.27. The van der Waals surface area contributed by atoms with E-state index in [4.69, 9.17) is 0 Å². The largest absolute Gasteiger partial charge is 0.354 e. The van der Waals surface area contributed by atoms with Gasteiger partial charge >= 0.3 is 0 Å². The van der Waals surface area contributed by atoms with Crippen LogP contribution in [0.1, 0.15) is 42.2 Å². The number of rotatable bonds is 7. The standard InChI is InChI=1S/C22H27N3O2S/c26-21(15-17-7-9-18(10-8-17)25-13-3-6-22(25)27)23-16-19(20-5-4-14-28-20)24-11-1-2-12-24/h4-5,7-10,14,19H,1-3,6,11-13,15-16H2,(H,23,26). The highest BCUT2D eigenvalue weighted by Crippen LogP contribution is 2.28. The molecule has 148 valence electrons. The normalized spacial score (nSPS) is 18.6. The third-order valence-corrected chi connectivity index (χ3v) is 6.61. The van der Waals surface area contributed by atoms with Crippen molar-refractivity contribution < 1.29 is 9.59 Å². The Morgan fingerprint density at radius 2 is 1.86 bits per heavy atom. The van der Waals surface area contributed by atoms with Crippen LogP contribution in [0.4, 0.5) is 5.69 Å². The van der Waals surface area contributed by atoms with Crippen LogP contribution in [0.25, 0.3) is 0 Å². The van der Waals surface area contributed by atoms with Crippen LogP contribution in [-0.4, -0.2) is 42.9 Å². The van der Waals surface area contributed by atoms with Gasteiger partial charge in [-0.25, -0.2) is 0 Å². The second-order valence-electron chi connectivity index (χ2n) is 7.57. The summed E-state index contributed by atoms with van der Waals surface area (Å²) in [5, 5.41) is 5.24. The number of anilines is 1. The monoisotopic (exact) mass is 397 g/mol. The van der Waals surface area contributed by atoms with Crippen LogP contribution in [0.2, 0.25) is 0 Å². The molecular weight excluding hydrogens is 370 g/mol. The summed E-state index contributed by atoms with van der Waals surface area (Å²) in [4.78, 5) is 30.0. The van der Waals surface area contributed by atoms with Gasteiger partial charge in [0.1, 0.15) is 0 Å². The average molecular weight is 398 g/mol. The molecule has 2 aliphatic heterocycles. The van der Waals surface area contributed by atoms with Crippen LogP contribution in [0.5, 0.6) is 0 Å². The second-order valence-corrected chi connectivity index (χ2v) is 8.55. The Morgan fingerprint density at radius 3 is 2.50 bits per heavy atom. The fourth-order valence-electron chi connectivity index (χ4n) is 4.12. The molecule has 1 N–H and O–H groups in total. The van der Waals surface area contributed by atoms with E-state index in [2.05, 4.69) is 27.7 Å². The molecule has 2 saturated heterocycles. The number of benzene rings is 1. The molecule has 6 heteroatoms. The highest BCUT2D eigenvalue weighted by molar-refractivity contribution is 7.10. The molecule has 1 aromatic heterocycles. The van der Waals surface area contributed by atoms with Crippen LogP contribution in [-0.2, 0) is 16.0 Å². The van der Waals surface area contributed by atoms with Crippen molar-refractivity contribution >= 4 is 28.8 Å². The van der Waals surface area contributed by atoms with Gasteiger partial charge in [0.25, 0.3) is 0 Å². The van der Waals surface area contributed by atoms with Gasteiger partial charge in [-0.3, -0.25) is 14.5 Å². The number of hydrogen-bond donors (Lipinski definition) is 1. The number of carbonyl (C=O) groups is 2. The fraction of sp³-hybridized carbons (Fsp3) is 0.455. The Balaban J connectivity index is 1.32. The van der Waals surface area contributed by atoms with E-state index in [0.29, 0.717) is 19.4 Å². The number of carbonyl (C=O) groups excluding carboxylic acids is 2. The zero-order valence-corrected chi connectivity index (χ0v) is 16.9. The van der Waals surface area contributed by atoms with Gasteiger partial charge in [0, 0.05) is 30.1 Å². The highest BCUT2D eigenvalue weighted by Gasteiger charge is 2.25. The van der Waals surface area contributed by atoms with Gasteiger partial charge < -0.3 is 10.2 Å². The van der Waals surface area contributed by atoms with Crippen LogP contribution >= 0.6 is 11.3 Å². The molecule has 0 spiro atoms. The number of thiophene rings is 1. The molecule has 28 heavy (non-hydrogen) atoms. The molecule has 0 radical (unpaired) electrons. The van der Waals surface area contributed by atoms with Crippen molar-refractivity contribution in [1.82, 2.24) is 10.2 Å². The molecule has 2 amide bonds. The predicted molar refractivity (Wildman–Crippen MR) is 113 cm³/mol. The van der Waals surface area contributed by atoms with Gasteiger partial charge in [0.2, 0.25) is 11.8 Å². The van der Waals surface area contributed by atoms with E-state index in [0.717, 1.165) is 37.3 Å². The van der Waals surface area contributed by atoms with Crippen LogP contribution in [0.3, 0.4) is 0 Å². The van der Waals surface area contributed by atoms with Gasteiger partial charge in [-0.05, 0) is 61.5 Å². The summed E-state index contributed by atoms with van der Waals surface area (Å²) < 4.78 is 0. The molecule has 0 aliphatic carbocycles. The lowest BCUT2D eigenvalue weighted by Crippen LogP contribution is -2.37. The molecule has 2 aliphatic rings. The molecular formula is C22H27N3O2S. The summed E-state index contributed by atoms with van der Waals surface area (Å²) in [6.07, 6.45) is 4.40. The van der Waals surface area contributed by atoms with Crippen molar-refractivity contribution in [2.45, 2.75) is 38.1 Å². The lowest BCUT2D eigenvalue weighted by atomic mass is 10.1. The maximum atomic E-state index is 12.5. The minimum atomic E-state index is 0.0470. The molecule has 1 atom stereocenters. The topological polar surface area (TPSA) is 52.7 Å².